The number of aliphatic carboxylic acids is 2. The van der Waals surface area contributed by atoms with Crippen LogP contribution in [0.4, 0.5) is 0 Å². The van der Waals surface area contributed by atoms with Gasteiger partial charge in [0, 0.05) is 0 Å². The molecule has 0 bridgehead atoms. The maximum absolute atomic E-state index is 10.0. The molecule has 4 nitrogen and oxygen atoms in total. The van der Waals surface area contributed by atoms with Gasteiger partial charge in [-0.25, -0.2) is 0 Å². The van der Waals surface area contributed by atoms with E-state index in [1.54, 1.807) is 41.5 Å². The van der Waals surface area contributed by atoms with E-state index in [1.165, 1.54) is 32.7 Å². The summed E-state index contributed by atoms with van der Waals surface area (Å²) < 4.78 is 0. The molecule has 0 aliphatic heterocycles. The van der Waals surface area contributed by atoms with Gasteiger partial charge >= 0.3 is 33.7 Å². The van der Waals surface area contributed by atoms with Gasteiger partial charge in [-0.15, -0.1) is 81.2 Å². The monoisotopic (exact) mass is 494 g/mol. The number of rotatable bonds is 2. The fourth-order valence-electron chi connectivity index (χ4n) is 2.87. The van der Waals surface area contributed by atoms with Crippen LogP contribution in [0.2, 0.25) is 0 Å². The summed E-state index contributed by atoms with van der Waals surface area (Å²) in [6.07, 6.45) is 1.02. The van der Waals surface area contributed by atoms with Crippen molar-refractivity contribution in [3.8, 4) is 0 Å². The average molecular weight is 494 g/mol. The third-order valence-corrected chi connectivity index (χ3v) is 5.05. The van der Waals surface area contributed by atoms with Crippen molar-refractivity contribution < 1.29 is 41.5 Å². The molecular weight excluding hydrogens is 460 g/mol. The van der Waals surface area contributed by atoms with E-state index in [4.69, 9.17) is 10.2 Å². The van der Waals surface area contributed by atoms with E-state index >= 15 is 0 Å². The first-order valence-corrected chi connectivity index (χ1v) is 11.0. The van der Waals surface area contributed by atoms with Crippen LogP contribution in [0.15, 0.2) is 72.8 Å². The standard InChI is InChI=1S/C19H14.2C5H10O2.Ti/c1-2-6-17-11-14(10-16(17)5-1)9-15-12-18-7-3-4-8-19(18)13-15;2*1-5(2,3)4(6)7;/h1-8,10-13H,9H2;2*1-3H3,(H,6,7);/q-2;;;+2. The quantitative estimate of drug-likeness (QED) is 0.227. The van der Waals surface area contributed by atoms with Crippen LogP contribution in [-0.2, 0) is 37.7 Å². The van der Waals surface area contributed by atoms with Crippen LogP contribution < -0.4 is 0 Å². The summed E-state index contributed by atoms with van der Waals surface area (Å²) in [6, 6.07) is 26.3. The molecule has 0 heterocycles. The van der Waals surface area contributed by atoms with E-state index in [1.807, 2.05) is 0 Å². The van der Waals surface area contributed by atoms with Crippen LogP contribution in [0.1, 0.15) is 52.7 Å². The maximum atomic E-state index is 10.0. The molecule has 0 spiro atoms. The van der Waals surface area contributed by atoms with Crippen LogP contribution in [0.5, 0.6) is 0 Å². The molecule has 0 saturated heterocycles. The van der Waals surface area contributed by atoms with E-state index in [9.17, 15) is 9.59 Å². The Morgan fingerprint density at radius 3 is 1.24 bits per heavy atom. The van der Waals surface area contributed by atoms with Crippen molar-refractivity contribution in [1.29, 1.82) is 0 Å². The van der Waals surface area contributed by atoms with Crippen LogP contribution in [0.25, 0.3) is 21.5 Å². The first-order chi connectivity index (χ1) is 15.3. The Morgan fingerprint density at radius 2 is 0.971 bits per heavy atom. The Hall–Kier alpha value is -2.69. The zero-order chi connectivity index (χ0) is 24.8. The molecule has 0 radical (unpaired) electrons. The Balaban J connectivity index is 0.000000325. The van der Waals surface area contributed by atoms with Gasteiger partial charge in [0.1, 0.15) is 0 Å². The van der Waals surface area contributed by atoms with Gasteiger partial charge in [-0.2, -0.15) is 12.1 Å². The topological polar surface area (TPSA) is 74.6 Å². The molecular formula is C29H34O4Ti. The van der Waals surface area contributed by atoms with Crippen LogP contribution in [0.3, 0.4) is 0 Å². The Kier molecular flexibility index (Phi) is 10.5. The van der Waals surface area contributed by atoms with Gasteiger partial charge in [0.15, 0.2) is 0 Å². The number of fused-ring (bicyclic) bond motifs is 2. The number of carboxylic acid groups (broad SMARTS) is 2. The molecule has 2 N–H and O–H groups in total. The Bertz CT molecular complexity index is 1050. The van der Waals surface area contributed by atoms with Crippen molar-refractivity contribution in [3.05, 3.63) is 83.9 Å². The SMILES string of the molecule is CC(C)(C)C(=O)O.CC(C)(C)C(=O)O.[Ti+2].c1ccc2[cH-]c(Cc3cc4ccccc4[cH-]3)cc2c1. The van der Waals surface area contributed by atoms with Gasteiger partial charge in [-0.05, 0) is 48.0 Å². The second-order valence-electron chi connectivity index (χ2n) is 10.3. The predicted octanol–water partition coefficient (Wildman–Crippen LogP) is 7.25. The molecule has 0 atom stereocenters. The van der Waals surface area contributed by atoms with Crippen LogP contribution in [0, 0.1) is 10.8 Å². The van der Waals surface area contributed by atoms with E-state index in [0.717, 1.165) is 6.42 Å². The normalized spacial score (nSPS) is 11.0. The molecule has 4 rings (SSSR count). The molecule has 0 aromatic heterocycles. The molecule has 0 aliphatic rings. The van der Waals surface area contributed by atoms with Crippen LogP contribution >= 0.6 is 0 Å². The first-order valence-electron chi connectivity index (χ1n) is 11.0. The third kappa shape index (κ3) is 8.93. The Labute approximate surface area is 217 Å². The number of carbonyl (C=O) groups is 2. The van der Waals surface area contributed by atoms with E-state index in [-0.39, 0.29) is 21.7 Å². The molecule has 4 aromatic carbocycles. The molecule has 5 heteroatoms. The zero-order valence-corrected chi connectivity index (χ0v) is 22.4. The Morgan fingerprint density at radius 1 is 0.676 bits per heavy atom. The molecule has 0 aliphatic carbocycles. The minimum absolute atomic E-state index is 0. The number of hydrogen-bond donors (Lipinski definition) is 2. The van der Waals surface area contributed by atoms with E-state index in [2.05, 4.69) is 72.8 Å². The summed E-state index contributed by atoms with van der Waals surface area (Å²) in [7, 11) is 0. The molecule has 34 heavy (non-hydrogen) atoms. The second-order valence-corrected chi connectivity index (χ2v) is 10.3. The van der Waals surface area contributed by atoms with Crippen molar-refractivity contribution in [2.75, 3.05) is 0 Å². The van der Waals surface area contributed by atoms with Gasteiger partial charge in [-0.1, -0.05) is 12.1 Å². The fraction of sp³-hybridized carbons (Fsp3) is 0.310. The molecule has 0 amide bonds. The second kappa shape index (κ2) is 12.1. The fourth-order valence-corrected chi connectivity index (χ4v) is 2.87. The summed E-state index contributed by atoms with van der Waals surface area (Å²) in [5.41, 5.74) is 1.63. The largest absolute Gasteiger partial charge is 2.00 e. The number of benzene rings is 2. The molecule has 0 fully saturated rings. The van der Waals surface area contributed by atoms with Crippen molar-refractivity contribution >= 4 is 33.5 Å². The van der Waals surface area contributed by atoms with E-state index < -0.39 is 22.8 Å². The van der Waals surface area contributed by atoms with Crippen molar-refractivity contribution in [2.24, 2.45) is 10.8 Å². The number of hydrogen-bond acceptors (Lipinski definition) is 2. The number of carboxylic acids is 2. The van der Waals surface area contributed by atoms with Gasteiger partial charge in [0.25, 0.3) is 0 Å². The minimum Gasteiger partial charge on any atom is -0.481 e. The molecule has 178 valence electrons. The molecule has 0 unspecified atom stereocenters. The minimum atomic E-state index is -0.757. The molecule has 0 saturated carbocycles. The van der Waals surface area contributed by atoms with Crippen molar-refractivity contribution in [2.45, 2.75) is 48.0 Å². The average Bonchev–Trinajstić information content (AvgIpc) is 3.30. The first kappa shape index (κ1) is 29.3. The summed E-state index contributed by atoms with van der Waals surface area (Å²) in [5.74, 6) is -1.51. The van der Waals surface area contributed by atoms with Crippen LogP contribution in [-0.4, -0.2) is 22.2 Å². The summed E-state index contributed by atoms with van der Waals surface area (Å²) in [6.45, 7) is 9.97. The van der Waals surface area contributed by atoms with Gasteiger partial charge in [0.05, 0.1) is 10.8 Å². The molecule has 4 aromatic rings. The predicted molar refractivity (Wildman–Crippen MR) is 136 cm³/mol. The zero-order valence-electron chi connectivity index (χ0n) is 20.8. The summed E-state index contributed by atoms with van der Waals surface area (Å²) in [4.78, 5) is 20.0. The smallest absolute Gasteiger partial charge is 0.481 e. The van der Waals surface area contributed by atoms with E-state index in [0.29, 0.717) is 0 Å². The van der Waals surface area contributed by atoms with Crippen molar-refractivity contribution in [1.82, 2.24) is 0 Å². The summed E-state index contributed by atoms with van der Waals surface area (Å²) in [5, 5.41) is 21.9. The maximum Gasteiger partial charge on any atom is 2.00 e. The van der Waals surface area contributed by atoms with Crippen molar-refractivity contribution in [3.63, 3.8) is 0 Å². The van der Waals surface area contributed by atoms with Gasteiger partial charge in [0.2, 0.25) is 0 Å². The van der Waals surface area contributed by atoms with Gasteiger partial charge < -0.3 is 10.2 Å². The summed E-state index contributed by atoms with van der Waals surface area (Å²) >= 11 is 0. The van der Waals surface area contributed by atoms with Gasteiger partial charge in [-0.3, -0.25) is 9.59 Å². The third-order valence-electron chi connectivity index (χ3n) is 5.05.